The molecular formula is C11H15N5O3. The van der Waals surface area contributed by atoms with Crippen LogP contribution in [-0.4, -0.2) is 52.4 Å². The van der Waals surface area contributed by atoms with E-state index in [1.165, 1.54) is 23.2 Å². The molecule has 0 amide bonds. The normalized spacial score (nSPS) is 11.8. The van der Waals surface area contributed by atoms with Crippen molar-refractivity contribution in [2.75, 3.05) is 14.1 Å². The van der Waals surface area contributed by atoms with Crippen molar-refractivity contribution in [1.29, 1.82) is 5.41 Å². The van der Waals surface area contributed by atoms with E-state index in [0.29, 0.717) is 5.56 Å². The molecule has 8 nitrogen and oxygen atoms in total. The minimum atomic E-state index is -0.604. The van der Waals surface area contributed by atoms with Crippen molar-refractivity contribution in [2.45, 2.75) is 0 Å². The molecule has 8 heteroatoms. The minimum Gasteiger partial charge on any atom is -0.504 e. The van der Waals surface area contributed by atoms with E-state index in [4.69, 9.17) is 16.2 Å². The average Bonchev–Trinajstić information content (AvgIpc) is 2.33. The molecule has 0 bridgehead atoms. The average molecular weight is 265 g/mol. The summed E-state index contributed by atoms with van der Waals surface area (Å²) < 4.78 is 0. The summed E-state index contributed by atoms with van der Waals surface area (Å²) in [7, 11) is 3.28. The second-order valence-corrected chi connectivity index (χ2v) is 3.85. The molecule has 0 aliphatic carbocycles. The van der Waals surface area contributed by atoms with Gasteiger partial charge in [0.2, 0.25) is 11.9 Å². The summed E-state index contributed by atoms with van der Waals surface area (Å²) in [4.78, 5) is 8.89. The second-order valence-electron chi connectivity index (χ2n) is 3.85. The molecule has 0 saturated carbocycles. The highest BCUT2D eigenvalue weighted by Crippen LogP contribution is 2.34. The Kier molecular flexibility index (Phi) is 4.30. The fourth-order valence-electron chi connectivity index (χ4n) is 1.08. The number of nitrogens with zero attached hydrogens (tertiary/aromatic N) is 3. The number of benzene rings is 1. The first-order valence-corrected chi connectivity index (χ1v) is 5.20. The van der Waals surface area contributed by atoms with Crippen LogP contribution in [-0.2, 0) is 0 Å². The summed E-state index contributed by atoms with van der Waals surface area (Å²) >= 11 is 0. The van der Waals surface area contributed by atoms with Gasteiger partial charge in [-0.2, -0.15) is 4.99 Å². The zero-order valence-electron chi connectivity index (χ0n) is 10.5. The van der Waals surface area contributed by atoms with E-state index in [2.05, 4.69) is 9.98 Å². The molecule has 19 heavy (non-hydrogen) atoms. The van der Waals surface area contributed by atoms with Crippen LogP contribution in [0.25, 0.3) is 0 Å². The Morgan fingerprint density at radius 3 is 2.26 bits per heavy atom. The van der Waals surface area contributed by atoms with E-state index in [0.717, 1.165) is 0 Å². The molecule has 1 aromatic carbocycles. The Hall–Kier alpha value is -2.77. The largest absolute Gasteiger partial charge is 0.504 e. The molecular weight excluding hydrogens is 250 g/mol. The Bertz CT molecular complexity index is 528. The number of hydrogen-bond acceptors (Lipinski definition) is 4. The summed E-state index contributed by atoms with van der Waals surface area (Å²) in [5.74, 6) is -1.76. The van der Waals surface area contributed by atoms with Gasteiger partial charge < -0.3 is 26.0 Å². The SMILES string of the molecule is CN(C)C(=N)/N=C(N)/N=C/c1cc(O)c(O)c(O)c1. The van der Waals surface area contributed by atoms with Gasteiger partial charge in [0.25, 0.3) is 0 Å². The van der Waals surface area contributed by atoms with E-state index in [9.17, 15) is 10.2 Å². The van der Waals surface area contributed by atoms with Gasteiger partial charge in [0.1, 0.15) is 0 Å². The minimum absolute atomic E-state index is 0.0638. The second kappa shape index (κ2) is 5.71. The smallest absolute Gasteiger partial charge is 0.223 e. The topological polar surface area (TPSA) is 139 Å². The van der Waals surface area contributed by atoms with Crippen LogP contribution < -0.4 is 5.73 Å². The maximum absolute atomic E-state index is 9.29. The third kappa shape index (κ3) is 3.87. The molecule has 1 rings (SSSR count). The van der Waals surface area contributed by atoms with Crippen molar-refractivity contribution in [3.05, 3.63) is 17.7 Å². The lowest BCUT2D eigenvalue weighted by atomic mass is 10.2. The van der Waals surface area contributed by atoms with E-state index in [-0.39, 0.29) is 11.9 Å². The van der Waals surface area contributed by atoms with Crippen molar-refractivity contribution in [3.63, 3.8) is 0 Å². The number of aromatic hydroxyl groups is 3. The number of guanidine groups is 2. The number of hydrogen-bond donors (Lipinski definition) is 5. The van der Waals surface area contributed by atoms with E-state index < -0.39 is 17.2 Å². The molecule has 0 spiro atoms. The van der Waals surface area contributed by atoms with Crippen molar-refractivity contribution in [2.24, 2.45) is 15.7 Å². The summed E-state index contributed by atoms with van der Waals surface area (Å²) in [5.41, 5.74) is 5.80. The summed E-state index contributed by atoms with van der Waals surface area (Å²) in [6.07, 6.45) is 1.24. The van der Waals surface area contributed by atoms with Gasteiger partial charge in [0.15, 0.2) is 17.2 Å². The number of rotatable bonds is 1. The van der Waals surface area contributed by atoms with Crippen LogP contribution in [0.15, 0.2) is 22.1 Å². The van der Waals surface area contributed by atoms with Crippen molar-refractivity contribution >= 4 is 18.1 Å². The van der Waals surface area contributed by atoms with E-state index in [1.54, 1.807) is 14.1 Å². The standard InChI is InChI=1S/C11H15N5O3/c1-16(2)11(13)15-10(12)14-5-6-3-7(17)9(19)8(18)4-6/h3-5,17-19H,1-2H3,(H3,12,13,15)/b14-5+. The van der Waals surface area contributed by atoms with Crippen molar-refractivity contribution in [1.82, 2.24) is 4.90 Å². The van der Waals surface area contributed by atoms with E-state index >= 15 is 0 Å². The number of phenolic OH excluding ortho intramolecular Hbond substituents is 3. The summed E-state index contributed by atoms with van der Waals surface area (Å²) in [5, 5.41) is 35.2. The molecule has 0 atom stereocenters. The maximum Gasteiger partial charge on any atom is 0.223 e. The van der Waals surface area contributed by atoms with Crippen LogP contribution in [0.5, 0.6) is 17.2 Å². The fourth-order valence-corrected chi connectivity index (χ4v) is 1.08. The van der Waals surface area contributed by atoms with Crippen molar-refractivity contribution < 1.29 is 15.3 Å². The Morgan fingerprint density at radius 2 is 1.79 bits per heavy atom. The van der Waals surface area contributed by atoms with Gasteiger partial charge in [-0.05, 0) is 12.1 Å². The predicted octanol–water partition coefficient (Wildman–Crippen LogP) is 0.0334. The number of nitrogens with one attached hydrogen (secondary N) is 1. The zero-order chi connectivity index (χ0) is 14.6. The predicted molar refractivity (Wildman–Crippen MR) is 72.1 cm³/mol. The zero-order valence-corrected chi connectivity index (χ0v) is 10.5. The summed E-state index contributed by atoms with van der Waals surface area (Å²) in [6, 6.07) is 2.40. The Morgan fingerprint density at radius 1 is 1.26 bits per heavy atom. The molecule has 0 fully saturated rings. The first-order chi connectivity index (χ1) is 8.81. The van der Waals surface area contributed by atoms with Gasteiger partial charge >= 0.3 is 0 Å². The molecule has 0 aromatic heterocycles. The number of nitrogens with two attached hydrogens (primary N) is 1. The fraction of sp³-hybridized carbons (Fsp3) is 0.182. The molecule has 0 aliphatic rings. The molecule has 1 aromatic rings. The van der Waals surface area contributed by atoms with Gasteiger partial charge in [-0.3, -0.25) is 5.41 Å². The van der Waals surface area contributed by atoms with Gasteiger partial charge in [0.05, 0.1) is 0 Å². The van der Waals surface area contributed by atoms with Gasteiger partial charge in [-0.25, -0.2) is 4.99 Å². The Balaban J connectivity index is 2.91. The first-order valence-electron chi connectivity index (χ1n) is 5.20. The van der Waals surface area contributed by atoms with Crippen LogP contribution in [0.1, 0.15) is 5.56 Å². The molecule has 0 saturated heterocycles. The lowest BCUT2D eigenvalue weighted by molar-refractivity contribution is 0.368. The highest BCUT2D eigenvalue weighted by atomic mass is 16.3. The lowest BCUT2D eigenvalue weighted by Crippen LogP contribution is -2.22. The molecule has 6 N–H and O–H groups in total. The van der Waals surface area contributed by atoms with Gasteiger partial charge in [-0.1, -0.05) is 0 Å². The monoisotopic (exact) mass is 265 g/mol. The lowest BCUT2D eigenvalue weighted by Gasteiger charge is -2.07. The first kappa shape index (κ1) is 14.3. The van der Waals surface area contributed by atoms with E-state index in [1.807, 2.05) is 0 Å². The third-order valence-electron chi connectivity index (χ3n) is 2.08. The van der Waals surface area contributed by atoms with Crippen LogP contribution >= 0.6 is 0 Å². The Labute approximate surface area is 109 Å². The van der Waals surface area contributed by atoms with Crippen LogP contribution in [0.3, 0.4) is 0 Å². The highest BCUT2D eigenvalue weighted by molar-refractivity contribution is 5.98. The van der Waals surface area contributed by atoms with Gasteiger partial charge in [0, 0.05) is 25.9 Å². The highest BCUT2D eigenvalue weighted by Gasteiger charge is 2.06. The molecule has 0 unspecified atom stereocenters. The molecule has 0 aliphatic heterocycles. The number of aliphatic imine (C=N–C) groups is 2. The molecule has 102 valence electrons. The quantitative estimate of drug-likeness (QED) is 0.277. The molecule has 0 heterocycles. The van der Waals surface area contributed by atoms with Crippen molar-refractivity contribution in [3.8, 4) is 17.2 Å². The van der Waals surface area contributed by atoms with Crippen LogP contribution in [0.2, 0.25) is 0 Å². The maximum atomic E-state index is 9.29. The summed E-state index contributed by atoms with van der Waals surface area (Å²) in [6.45, 7) is 0. The third-order valence-corrected chi connectivity index (χ3v) is 2.08. The number of phenols is 3. The molecule has 0 radical (unpaired) electrons. The van der Waals surface area contributed by atoms with Crippen LogP contribution in [0, 0.1) is 5.41 Å². The van der Waals surface area contributed by atoms with Gasteiger partial charge in [-0.15, -0.1) is 0 Å². The van der Waals surface area contributed by atoms with Crippen LogP contribution in [0.4, 0.5) is 0 Å².